The van der Waals surface area contributed by atoms with E-state index in [0.29, 0.717) is 25.4 Å². The summed E-state index contributed by atoms with van der Waals surface area (Å²) in [6.45, 7) is 3.00. The van der Waals surface area contributed by atoms with E-state index in [-0.39, 0.29) is 30.3 Å². The SMILES string of the molecule is O=C1CC(C(=O)N2CCC(CO)C2)CN1CC1CC1. The van der Waals surface area contributed by atoms with Gasteiger partial charge >= 0.3 is 0 Å². The Hall–Kier alpha value is -1.10. The van der Waals surface area contributed by atoms with Crippen molar-refractivity contribution in [2.75, 3.05) is 32.8 Å². The Kier molecular flexibility index (Phi) is 3.48. The third-order valence-electron chi connectivity index (χ3n) is 4.59. The van der Waals surface area contributed by atoms with Crippen LogP contribution in [0.25, 0.3) is 0 Å². The molecule has 19 heavy (non-hydrogen) atoms. The van der Waals surface area contributed by atoms with E-state index in [1.54, 1.807) is 0 Å². The molecule has 2 unspecified atom stereocenters. The summed E-state index contributed by atoms with van der Waals surface area (Å²) in [5, 5.41) is 9.12. The number of aliphatic hydroxyl groups excluding tert-OH is 1. The summed E-state index contributed by atoms with van der Waals surface area (Å²) in [6.07, 6.45) is 3.72. The molecule has 5 nitrogen and oxygen atoms in total. The number of nitrogens with zero attached hydrogens (tertiary/aromatic N) is 2. The fraction of sp³-hybridized carbons (Fsp3) is 0.857. The summed E-state index contributed by atoms with van der Waals surface area (Å²) in [7, 11) is 0. The van der Waals surface area contributed by atoms with E-state index in [1.165, 1.54) is 12.8 Å². The van der Waals surface area contributed by atoms with Crippen LogP contribution in [0.2, 0.25) is 0 Å². The highest BCUT2D eigenvalue weighted by Crippen LogP contribution is 2.32. The van der Waals surface area contributed by atoms with Crippen LogP contribution in [0.4, 0.5) is 0 Å². The van der Waals surface area contributed by atoms with E-state index in [9.17, 15) is 9.59 Å². The maximum absolute atomic E-state index is 12.4. The number of amides is 2. The molecule has 0 spiro atoms. The van der Waals surface area contributed by atoms with Crippen LogP contribution in [0.1, 0.15) is 25.7 Å². The Balaban J connectivity index is 1.54. The fourth-order valence-electron chi connectivity index (χ4n) is 3.17. The lowest BCUT2D eigenvalue weighted by molar-refractivity contribution is -0.135. The standard InChI is InChI=1S/C14H22N2O3/c17-9-11-3-4-15(7-11)14(19)12-5-13(18)16(8-12)6-10-1-2-10/h10-12,17H,1-9H2. The number of carbonyl (C=O) groups is 2. The quantitative estimate of drug-likeness (QED) is 0.784. The first-order valence-electron chi connectivity index (χ1n) is 7.34. The van der Waals surface area contributed by atoms with Crippen LogP contribution in [0.5, 0.6) is 0 Å². The molecule has 2 saturated heterocycles. The van der Waals surface area contributed by atoms with Crippen molar-refractivity contribution in [2.45, 2.75) is 25.7 Å². The van der Waals surface area contributed by atoms with E-state index in [2.05, 4.69) is 0 Å². The number of hydrogen-bond donors (Lipinski definition) is 1. The minimum atomic E-state index is -0.149. The Morgan fingerprint density at radius 3 is 2.63 bits per heavy atom. The number of carbonyl (C=O) groups excluding carboxylic acids is 2. The first-order valence-corrected chi connectivity index (χ1v) is 7.34. The molecule has 0 aromatic rings. The Bertz CT molecular complexity index is 381. The first kappa shape index (κ1) is 12.9. The molecule has 5 heteroatoms. The number of hydrogen-bond acceptors (Lipinski definition) is 3. The molecule has 1 aliphatic carbocycles. The predicted molar refractivity (Wildman–Crippen MR) is 69.2 cm³/mol. The van der Waals surface area contributed by atoms with Gasteiger partial charge in [-0.15, -0.1) is 0 Å². The molecule has 0 radical (unpaired) electrons. The summed E-state index contributed by atoms with van der Waals surface area (Å²) in [5.41, 5.74) is 0. The molecular weight excluding hydrogens is 244 g/mol. The van der Waals surface area contributed by atoms with Crippen LogP contribution >= 0.6 is 0 Å². The molecule has 2 amide bonds. The van der Waals surface area contributed by atoms with Crippen molar-refractivity contribution in [1.82, 2.24) is 9.80 Å². The van der Waals surface area contributed by atoms with E-state index in [0.717, 1.165) is 19.5 Å². The van der Waals surface area contributed by atoms with Gasteiger partial charge in [-0.25, -0.2) is 0 Å². The average Bonchev–Trinajstić information content (AvgIpc) is 2.96. The van der Waals surface area contributed by atoms with Gasteiger partial charge in [0.15, 0.2) is 0 Å². The second-order valence-electron chi connectivity index (χ2n) is 6.26. The number of rotatable bonds is 4. The van der Waals surface area contributed by atoms with Crippen LogP contribution < -0.4 is 0 Å². The van der Waals surface area contributed by atoms with Crippen molar-refractivity contribution >= 4 is 11.8 Å². The Morgan fingerprint density at radius 2 is 2.00 bits per heavy atom. The van der Waals surface area contributed by atoms with Gasteiger partial charge in [0.25, 0.3) is 0 Å². The van der Waals surface area contributed by atoms with Gasteiger partial charge in [0, 0.05) is 45.1 Å². The van der Waals surface area contributed by atoms with Crippen LogP contribution in [-0.2, 0) is 9.59 Å². The summed E-state index contributed by atoms with van der Waals surface area (Å²) >= 11 is 0. The van der Waals surface area contributed by atoms with Crippen molar-refractivity contribution in [3.05, 3.63) is 0 Å². The third kappa shape index (κ3) is 2.76. The normalized spacial score (nSPS) is 31.3. The van der Waals surface area contributed by atoms with Crippen LogP contribution in [0, 0.1) is 17.8 Å². The zero-order chi connectivity index (χ0) is 13.4. The number of aliphatic hydroxyl groups is 1. The van der Waals surface area contributed by atoms with Crippen molar-refractivity contribution in [3.63, 3.8) is 0 Å². The zero-order valence-electron chi connectivity index (χ0n) is 11.3. The summed E-state index contributed by atoms with van der Waals surface area (Å²) in [5.74, 6) is 1.02. The van der Waals surface area contributed by atoms with Gasteiger partial charge < -0.3 is 14.9 Å². The topological polar surface area (TPSA) is 60.9 Å². The maximum atomic E-state index is 12.4. The van der Waals surface area contributed by atoms with Crippen molar-refractivity contribution in [1.29, 1.82) is 0 Å². The van der Waals surface area contributed by atoms with Gasteiger partial charge in [0.1, 0.15) is 0 Å². The highest BCUT2D eigenvalue weighted by atomic mass is 16.3. The molecule has 0 aromatic carbocycles. The van der Waals surface area contributed by atoms with E-state index >= 15 is 0 Å². The summed E-state index contributed by atoms with van der Waals surface area (Å²) in [6, 6.07) is 0. The molecule has 2 aliphatic heterocycles. The molecule has 1 saturated carbocycles. The minimum Gasteiger partial charge on any atom is -0.396 e. The van der Waals surface area contributed by atoms with Crippen LogP contribution in [-0.4, -0.2) is 59.5 Å². The van der Waals surface area contributed by atoms with Gasteiger partial charge in [-0.1, -0.05) is 0 Å². The largest absolute Gasteiger partial charge is 0.396 e. The second kappa shape index (κ2) is 5.12. The highest BCUT2D eigenvalue weighted by Gasteiger charge is 2.39. The van der Waals surface area contributed by atoms with Crippen molar-refractivity contribution in [3.8, 4) is 0 Å². The molecule has 1 N–H and O–H groups in total. The fourth-order valence-corrected chi connectivity index (χ4v) is 3.17. The molecule has 2 atom stereocenters. The smallest absolute Gasteiger partial charge is 0.228 e. The first-order chi connectivity index (χ1) is 9.17. The van der Waals surface area contributed by atoms with Crippen molar-refractivity contribution in [2.24, 2.45) is 17.8 Å². The molecule has 3 aliphatic rings. The van der Waals surface area contributed by atoms with Gasteiger partial charge in [0.2, 0.25) is 11.8 Å². The van der Waals surface area contributed by atoms with Crippen LogP contribution in [0.15, 0.2) is 0 Å². The number of likely N-dealkylation sites (tertiary alicyclic amines) is 2. The molecule has 106 valence electrons. The third-order valence-corrected chi connectivity index (χ3v) is 4.59. The molecule has 0 bridgehead atoms. The molecule has 2 heterocycles. The lowest BCUT2D eigenvalue weighted by atomic mass is 10.1. The van der Waals surface area contributed by atoms with E-state index < -0.39 is 0 Å². The van der Waals surface area contributed by atoms with Crippen LogP contribution in [0.3, 0.4) is 0 Å². The van der Waals surface area contributed by atoms with E-state index in [1.807, 2.05) is 9.80 Å². The maximum Gasteiger partial charge on any atom is 0.228 e. The Labute approximate surface area is 113 Å². The van der Waals surface area contributed by atoms with Gasteiger partial charge in [-0.3, -0.25) is 9.59 Å². The second-order valence-corrected chi connectivity index (χ2v) is 6.26. The molecule has 3 fully saturated rings. The predicted octanol–water partition coefficient (Wildman–Crippen LogP) is 0.0857. The van der Waals surface area contributed by atoms with Gasteiger partial charge in [0.05, 0.1) is 5.92 Å². The lowest BCUT2D eigenvalue weighted by Crippen LogP contribution is -2.36. The Morgan fingerprint density at radius 1 is 1.21 bits per heavy atom. The van der Waals surface area contributed by atoms with Gasteiger partial charge in [-0.05, 0) is 25.2 Å². The van der Waals surface area contributed by atoms with Crippen molar-refractivity contribution < 1.29 is 14.7 Å². The molecule has 3 rings (SSSR count). The summed E-state index contributed by atoms with van der Waals surface area (Å²) < 4.78 is 0. The zero-order valence-corrected chi connectivity index (χ0v) is 11.3. The van der Waals surface area contributed by atoms with E-state index in [4.69, 9.17) is 5.11 Å². The highest BCUT2D eigenvalue weighted by molar-refractivity contribution is 5.89. The monoisotopic (exact) mass is 266 g/mol. The average molecular weight is 266 g/mol. The minimum absolute atomic E-state index is 0.114. The lowest BCUT2D eigenvalue weighted by Gasteiger charge is -2.21. The molecule has 0 aromatic heterocycles. The molecular formula is C14H22N2O3. The van der Waals surface area contributed by atoms with Gasteiger partial charge in [-0.2, -0.15) is 0 Å². The summed E-state index contributed by atoms with van der Waals surface area (Å²) in [4.78, 5) is 28.0.